The summed E-state index contributed by atoms with van der Waals surface area (Å²) in [6.45, 7) is 6.34. The zero-order valence-electron chi connectivity index (χ0n) is 44.5. The fraction of sp³-hybridized carbons (Fsp3) is 0.635. The lowest BCUT2D eigenvalue weighted by molar-refractivity contribution is -0.167. The lowest BCUT2D eigenvalue weighted by Gasteiger charge is -2.18. The minimum absolute atomic E-state index is 0.112. The first-order valence-corrected chi connectivity index (χ1v) is 28.0. The Balaban J connectivity index is 4.55. The van der Waals surface area contributed by atoms with Gasteiger partial charge in [-0.15, -0.1) is 0 Å². The van der Waals surface area contributed by atoms with Crippen LogP contribution >= 0.6 is 0 Å². The van der Waals surface area contributed by atoms with Gasteiger partial charge in [0.05, 0.1) is 0 Å². The summed E-state index contributed by atoms with van der Waals surface area (Å²) in [6, 6.07) is 0. The second-order valence-corrected chi connectivity index (χ2v) is 18.1. The van der Waals surface area contributed by atoms with E-state index in [4.69, 9.17) is 14.2 Å². The quantitative estimate of drug-likeness (QED) is 0.0262. The van der Waals surface area contributed by atoms with E-state index in [0.29, 0.717) is 19.3 Å². The normalized spacial score (nSPS) is 13.0. The van der Waals surface area contributed by atoms with Gasteiger partial charge in [-0.1, -0.05) is 239 Å². The molecule has 0 aliphatic heterocycles. The number of ether oxygens (including phenoxy) is 3. The van der Waals surface area contributed by atoms with E-state index in [1.54, 1.807) is 0 Å². The van der Waals surface area contributed by atoms with Crippen molar-refractivity contribution in [3.05, 3.63) is 122 Å². The van der Waals surface area contributed by atoms with Crippen LogP contribution in [-0.2, 0) is 28.6 Å². The van der Waals surface area contributed by atoms with Crippen molar-refractivity contribution < 1.29 is 28.6 Å². The van der Waals surface area contributed by atoms with Crippen LogP contribution in [0, 0.1) is 0 Å². The molecule has 0 aliphatic rings. The van der Waals surface area contributed by atoms with Crippen LogP contribution in [0.2, 0.25) is 0 Å². The van der Waals surface area contributed by atoms with Crippen molar-refractivity contribution in [3.8, 4) is 0 Å². The standard InChI is InChI=1S/C63H102O6/c1-4-7-10-13-16-19-22-25-28-30-31-33-35-38-41-44-47-50-53-56-62(65)68-59-60(58-67-61(64)55-52-49-46-43-40-37-34-27-24-21-18-15-12-9-6-3)69-63(66)57-54-51-48-45-42-39-36-32-29-26-23-20-17-14-11-8-5-2/h7-8,10-11,16-17,19-20,25-26,28-29,31,33,36,38-39,41,45,48,60H,4-6,9,12-15,18,21-24,27,30,32,34-35,37,40,42-44,46-47,49-59H2,1-3H3/b10-7-,11-8-,19-16-,20-17-,28-25-,29-26-,33-31-,39-36-,41-38-,48-45-/t60-/m0/s1. The van der Waals surface area contributed by atoms with E-state index in [1.807, 2.05) is 0 Å². The second-order valence-electron chi connectivity index (χ2n) is 18.1. The van der Waals surface area contributed by atoms with E-state index in [2.05, 4.69) is 142 Å². The molecule has 0 radical (unpaired) electrons. The summed E-state index contributed by atoms with van der Waals surface area (Å²) in [6.07, 6.45) is 77.6. The summed E-state index contributed by atoms with van der Waals surface area (Å²) in [7, 11) is 0. The molecule has 390 valence electrons. The van der Waals surface area contributed by atoms with Crippen LogP contribution in [-0.4, -0.2) is 37.2 Å². The molecule has 0 unspecified atom stereocenters. The summed E-state index contributed by atoms with van der Waals surface area (Å²) >= 11 is 0. The number of carbonyl (C=O) groups is 3. The van der Waals surface area contributed by atoms with Gasteiger partial charge in [0.25, 0.3) is 0 Å². The maximum absolute atomic E-state index is 12.8. The number of hydrogen-bond donors (Lipinski definition) is 0. The molecular formula is C63H102O6. The Morgan fingerprint density at radius 1 is 0.304 bits per heavy atom. The average molecular weight is 956 g/mol. The van der Waals surface area contributed by atoms with E-state index >= 15 is 0 Å². The molecule has 0 spiro atoms. The number of allylic oxidation sites excluding steroid dienone is 20. The Kier molecular flexibility index (Phi) is 53.0. The van der Waals surface area contributed by atoms with Crippen LogP contribution in [0.3, 0.4) is 0 Å². The molecule has 6 nitrogen and oxygen atoms in total. The van der Waals surface area contributed by atoms with Gasteiger partial charge in [0, 0.05) is 19.3 Å². The molecule has 0 amide bonds. The van der Waals surface area contributed by atoms with Gasteiger partial charge in [0.1, 0.15) is 13.2 Å². The van der Waals surface area contributed by atoms with Crippen LogP contribution in [0.25, 0.3) is 0 Å². The summed E-state index contributed by atoms with van der Waals surface area (Å²) < 4.78 is 16.8. The molecule has 1 atom stereocenters. The van der Waals surface area contributed by atoms with Crippen molar-refractivity contribution in [3.63, 3.8) is 0 Å². The van der Waals surface area contributed by atoms with Gasteiger partial charge in [0.2, 0.25) is 0 Å². The third-order valence-corrected chi connectivity index (χ3v) is 11.5. The lowest BCUT2D eigenvalue weighted by Crippen LogP contribution is -2.30. The summed E-state index contributed by atoms with van der Waals surface area (Å²) in [5.41, 5.74) is 0. The first kappa shape index (κ1) is 64.8. The molecule has 0 N–H and O–H groups in total. The highest BCUT2D eigenvalue weighted by Crippen LogP contribution is 2.15. The predicted molar refractivity (Wildman–Crippen MR) is 297 cm³/mol. The largest absolute Gasteiger partial charge is 0.462 e. The highest BCUT2D eigenvalue weighted by Gasteiger charge is 2.19. The minimum atomic E-state index is -0.824. The van der Waals surface area contributed by atoms with Gasteiger partial charge in [-0.05, 0) is 103 Å². The highest BCUT2D eigenvalue weighted by molar-refractivity contribution is 5.71. The highest BCUT2D eigenvalue weighted by atomic mass is 16.6. The van der Waals surface area contributed by atoms with E-state index in [0.717, 1.165) is 116 Å². The molecule has 0 rings (SSSR count). The van der Waals surface area contributed by atoms with Crippen LogP contribution in [0.1, 0.15) is 239 Å². The van der Waals surface area contributed by atoms with E-state index < -0.39 is 6.10 Å². The van der Waals surface area contributed by atoms with Gasteiger partial charge in [-0.25, -0.2) is 0 Å². The Hall–Kier alpha value is -4.19. The molecule has 0 aromatic carbocycles. The monoisotopic (exact) mass is 955 g/mol. The Morgan fingerprint density at radius 2 is 0.580 bits per heavy atom. The first-order chi connectivity index (χ1) is 34.0. The summed E-state index contributed by atoms with van der Waals surface area (Å²) in [4.78, 5) is 38.1. The topological polar surface area (TPSA) is 78.9 Å². The molecule has 0 saturated heterocycles. The van der Waals surface area contributed by atoms with Crippen LogP contribution < -0.4 is 0 Å². The minimum Gasteiger partial charge on any atom is -0.462 e. The molecule has 0 aromatic heterocycles. The van der Waals surface area contributed by atoms with Gasteiger partial charge in [-0.3, -0.25) is 14.4 Å². The number of carbonyl (C=O) groups excluding carboxylic acids is 3. The van der Waals surface area contributed by atoms with Crippen molar-refractivity contribution >= 4 is 17.9 Å². The second kappa shape index (κ2) is 56.4. The van der Waals surface area contributed by atoms with Crippen LogP contribution in [0.5, 0.6) is 0 Å². The van der Waals surface area contributed by atoms with Gasteiger partial charge >= 0.3 is 17.9 Å². The molecule has 0 fully saturated rings. The third kappa shape index (κ3) is 54.6. The van der Waals surface area contributed by atoms with E-state index in [9.17, 15) is 14.4 Å². The van der Waals surface area contributed by atoms with E-state index in [1.165, 1.54) is 77.0 Å². The number of esters is 3. The van der Waals surface area contributed by atoms with Gasteiger partial charge in [0.15, 0.2) is 6.10 Å². The smallest absolute Gasteiger partial charge is 0.306 e. The van der Waals surface area contributed by atoms with Crippen molar-refractivity contribution in [2.24, 2.45) is 0 Å². The van der Waals surface area contributed by atoms with Crippen molar-refractivity contribution in [2.45, 2.75) is 245 Å². The molecule has 0 bridgehead atoms. The lowest BCUT2D eigenvalue weighted by atomic mass is 10.0. The zero-order chi connectivity index (χ0) is 50.0. The Labute approximate surface area is 424 Å². The van der Waals surface area contributed by atoms with Crippen molar-refractivity contribution in [1.82, 2.24) is 0 Å². The average Bonchev–Trinajstić information content (AvgIpc) is 3.35. The summed E-state index contributed by atoms with van der Waals surface area (Å²) in [5, 5.41) is 0. The van der Waals surface area contributed by atoms with E-state index in [-0.39, 0.29) is 37.5 Å². The molecule has 0 aromatic rings. The Morgan fingerprint density at radius 3 is 0.928 bits per heavy atom. The van der Waals surface area contributed by atoms with Crippen LogP contribution in [0.15, 0.2) is 122 Å². The third-order valence-electron chi connectivity index (χ3n) is 11.5. The van der Waals surface area contributed by atoms with Gasteiger partial charge in [-0.2, -0.15) is 0 Å². The number of hydrogen-bond acceptors (Lipinski definition) is 6. The molecular weight excluding hydrogens is 853 g/mol. The predicted octanol–water partition coefficient (Wildman–Crippen LogP) is 18.9. The first-order valence-electron chi connectivity index (χ1n) is 28.0. The SMILES string of the molecule is CC/C=C\C/C=C\C/C=C\C/C=C\C/C=C\CCCCCC(=O)OC[C@H](COC(=O)CCCCCCCCCCCCCCCCC)OC(=O)CCC/C=C\C/C=C\C/C=C\C/C=C\C/C=C\CC. The molecule has 69 heavy (non-hydrogen) atoms. The maximum Gasteiger partial charge on any atom is 0.306 e. The number of rotatable bonds is 49. The molecule has 0 aliphatic carbocycles. The molecule has 0 saturated carbocycles. The number of unbranched alkanes of at least 4 members (excludes halogenated alkanes) is 18. The van der Waals surface area contributed by atoms with Crippen molar-refractivity contribution in [2.75, 3.05) is 13.2 Å². The fourth-order valence-corrected chi connectivity index (χ4v) is 7.33. The molecule has 6 heteroatoms. The Bertz CT molecular complexity index is 1470. The fourth-order valence-electron chi connectivity index (χ4n) is 7.33. The zero-order valence-corrected chi connectivity index (χ0v) is 44.5. The summed E-state index contributed by atoms with van der Waals surface area (Å²) in [5.74, 6) is -1.01. The maximum atomic E-state index is 12.8. The molecule has 0 heterocycles. The van der Waals surface area contributed by atoms with Gasteiger partial charge < -0.3 is 14.2 Å². The van der Waals surface area contributed by atoms with Crippen molar-refractivity contribution in [1.29, 1.82) is 0 Å². The van der Waals surface area contributed by atoms with Crippen LogP contribution in [0.4, 0.5) is 0 Å².